The highest BCUT2D eigenvalue weighted by Gasteiger charge is 2.35. The molecule has 1 saturated carbocycles. The lowest BCUT2D eigenvalue weighted by atomic mass is 9.95. The number of anilines is 1. The largest absolute Gasteiger partial charge is 0.324 e. The molecular formula is C26H36N2O3S. The van der Waals surface area contributed by atoms with Gasteiger partial charge in [0.05, 0.1) is 11.4 Å². The molecule has 0 aromatic heterocycles. The number of rotatable bonds is 6. The van der Waals surface area contributed by atoms with Crippen molar-refractivity contribution in [1.82, 2.24) is 4.31 Å². The fraction of sp³-hybridized carbons (Fsp3) is 0.500. The molecule has 2 aromatic carbocycles. The maximum absolute atomic E-state index is 13.9. The van der Waals surface area contributed by atoms with E-state index in [-0.39, 0.29) is 18.5 Å². The van der Waals surface area contributed by atoms with E-state index in [2.05, 4.69) is 5.32 Å². The maximum Gasteiger partial charge on any atom is 0.244 e. The Bertz CT molecular complexity index is 1070. The van der Waals surface area contributed by atoms with Crippen LogP contribution < -0.4 is 5.32 Å². The van der Waals surface area contributed by atoms with Gasteiger partial charge in [-0.1, -0.05) is 54.7 Å². The zero-order valence-electron chi connectivity index (χ0n) is 20.2. The number of carbonyl (C=O) groups excluding carboxylic acids is 1. The van der Waals surface area contributed by atoms with E-state index < -0.39 is 10.0 Å². The molecular weight excluding hydrogens is 420 g/mol. The second-order valence-electron chi connectivity index (χ2n) is 9.39. The normalized spacial score (nSPS) is 15.2. The lowest BCUT2D eigenvalue weighted by Gasteiger charge is -2.34. The van der Waals surface area contributed by atoms with Crippen molar-refractivity contribution in [2.24, 2.45) is 0 Å². The third-order valence-electron chi connectivity index (χ3n) is 6.39. The number of sulfonamides is 1. The topological polar surface area (TPSA) is 66.5 Å². The molecule has 0 unspecified atom stereocenters. The molecule has 32 heavy (non-hydrogen) atoms. The Balaban J connectivity index is 1.96. The number of carbonyl (C=O) groups is 1. The van der Waals surface area contributed by atoms with Gasteiger partial charge in [-0.25, -0.2) is 8.42 Å². The molecule has 174 valence electrons. The number of hydrogen-bond donors (Lipinski definition) is 1. The van der Waals surface area contributed by atoms with Crippen LogP contribution >= 0.6 is 0 Å². The van der Waals surface area contributed by atoms with Crippen LogP contribution in [-0.2, 0) is 14.8 Å². The fourth-order valence-corrected chi connectivity index (χ4v) is 7.22. The van der Waals surface area contributed by atoms with Gasteiger partial charge >= 0.3 is 0 Å². The van der Waals surface area contributed by atoms with Gasteiger partial charge in [-0.05, 0) is 76.6 Å². The Labute approximate surface area is 193 Å². The van der Waals surface area contributed by atoms with Crippen molar-refractivity contribution in [3.63, 3.8) is 0 Å². The predicted octanol–water partition coefficient (Wildman–Crippen LogP) is 5.50. The van der Waals surface area contributed by atoms with Crippen LogP contribution in [0.4, 0.5) is 5.69 Å². The van der Waals surface area contributed by atoms with E-state index in [0.29, 0.717) is 4.90 Å². The van der Waals surface area contributed by atoms with E-state index in [0.717, 1.165) is 71.2 Å². The van der Waals surface area contributed by atoms with Crippen LogP contribution in [0, 0.1) is 41.5 Å². The summed E-state index contributed by atoms with van der Waals surface area (Å²) in [5, 5.41) is 2.99. The average molecular weight is 457 g/mol. The van der Waals surface area contributed by atoms with Crippen LogP contribution in [0.15, 0.2) is 29.2 Å². The molecule has 0 aliphatic heterocycles. The van der Waals surface area contributed by atoms with Crippen molar-refractivity contribution in [3.05, 3.63) is 57.6 Å². The van der Waals surface area contributed by atoms with Crippen molar-refractivity contribution in [3.8, 4) is 0 Å². The van der Waals surface area contributed by atoms with Gasteiger partial charge in [0.15, 0.2) is 0 Å². The third-order valence-corrected chi connectivity index (χ3v) is 8.60. The van der Waals surface area contributed by atoms with E-state index in [1.165, 1.54) is 4.31 Å². The number of benzene rings is 2. The number of nitrogens with one attached hydrogen (secondary N) is 1. The van der Waals surface area contributed by atoms with Crippen LogP contribution in [0.1, 0.15) is 65.5 Å². The van der Waals surface area contributed by atoms with Gasteiger partial charge in [0.25, 0.3) is 0 Å². The van der Waals surface area contributed by atoms with E-state index in [9.17, 15) is 13.2 Å². The molecule has 1 amide bonds. The Hall–Kier alpha value is -2.18. The van der Waals surface area contributed by atoms with Crippen LogP contribution in [0.25, 0.3) is 0 Å². The van der Waals surface area contributed by atoms with E-state index in [1.54, 1.807) is 0 Å². The van der Waals surface area contributed by atoms with Crippen molar-refractivity contribution in [2.75, 3.05) is 11.9 Å². The molecule has 0 heterocycles. The summed E-state index contributed by atoms with van der Waals surface area (Å²) >= 11 is 0. The highest BCUT2D eigenvalue weighted by molar-refractivity contribution is 7.89. The first-order chi connectivity index (χ1) is 15.0. The zero-order valence-corrected chi connectivity index (χ0v) is 21.0. The first kappa shape index (κ1) is 24.5. The highest BCUT2D eigenvalue weighted by Crippen LogP contribution is 2.31. The second-order valence-corrected chi connectivity index (χ2v) is 11.2. The van der Waals surface area contributed by atoms with Gasteiger partial charge in [0.2, 0.25) is 15.9 Å². The van der Waals surface area contributed by atoms with Crippen molar-refractivity contribution in [2.45, 2.75) is 84.6 Å². The monoisotopic (exact) mass is 456 g/mol. The van der Waals surface area contributed by atoms with Crippen molar-refractivity contribution < 1.29 is 13.2 Å². The van der Waals surface area contributed by atoms with Crippen LogP contribution in [-0.4, -0.2) is 31.2 Å². The lowest BCUT2D eigenvalue weighted by molar-refractivity contribution is -0.116. The summed E-state index contributed by atoms with van der Waals surface area (Å²) in [6, 6.07) is 7.70. The first-order valence-electron chi connectivity index (χ1n) is 11.5. The molecule has 0 spiro atoms. The molecule has 3 rings (SSSR count). The summed E-state index contributed by atoms with van der Waals surface area (Å²) in [5.74, 6) is -0.295. The lowest BCUT2D eigenvalue weighted by Crippen LogP contribution is -2.46. The van der Waals surface area contributed by atoms with E-state index in [1.807, 2.05) is 65.8 Å². The maximum atomic E-state index is 13.9. The minimum absolute atomic E-state index is 0.153. The van der Waals surface area contributed by atoms with Gasteiger partial charge in [0.1, 0.15) is 0 Å². The van der Waals surface area contributed by atoms with Crippen LogP contribution in [0.5, 0.6) is 0 Å². The molecule has 0 atom stereocenters. The Morgan fingerprint density at radius 1 is 0.844 bits per heavy atom. The highest BCUT2D eigenvalue weighted by atomic mass is 32.2. The van der Waals surface area contributed by atoms with Gasteiger partial charge in [0, 0.05) is 11.7 Å². The van der Waals surface area contributed by atoms with Gasteiger partial charge in [-0.15, -0.1) is 0 Å². The fourth-order valence-electron chi connectivity index (χ4n) is 5.17. The zero-order chi connectivity index (χ0) is 23.6. The molecule has 0 bridgehead atoms. The Morgan fingerprint density at radius 3 is 1.81 bits per heavy atom. The Morgan fingerprint density at radius 2 is 1.31 bits per heavy atom. The summed E-state index contributed by atoms with van der Waals surface area (Å²) in [6.07, 6.45) is 4.67. The molecule has 1 fully saturated rings. The SMILES string of the molecule is Cc1cc(C)c(NC(=O)CN(C2CCCCC2)S(=O)(=O)c2c(C)cc(C)cc2C)c(C)c1. The molecule has 1 aliphatic rings. The second kappa shape index (κ2) is 9.75. The standard InChI is InChI=1S/C26H36N2O3S/c1-17-12-19(3)25(20(4)13-17)27-24(29)16-28(23-10-8-7-9-11-23)32(30,31)26-21(5)14-18(2)15-22(26)6/h12-15,23H,7-11,16H2,1-6H3,(H,27,29). The quantitative estimate of drug-likeness (QED) is 0.624. The van der Waals surface area contributed by atoms with Gasteiger partial charge in [-0.2, -0.15) is 4.31 Å². The van der Waals surface area contributed by atoms with Crippen LogP contribution in [0.2, 0.25) is 0 Å². The van der Waals surface area contributed by atoms with Crippen molar-refractivity contribution in [1.29, 1.82) is 0 Å². The van der Waals surface area contributed by atoms with Gasteiger partial charge < -0.3 is 5.32 Å². The number of nitrogens with zero attached hydrogens (tertiary/aromatic N) is 1. The number of aryl methyl sites for hydroxylation is 6. The third kappa shape index (κ3) is 5.24. The number of hydrogen-bond acceptors (Lipinski definition) is 3. The molecule has 1 N–H and O–H groups in total. The summed E-state index contributed by atoms with van der Waals surface area (Å²) in [7, 11) is -3.82. The molecule has 5 nitrogen and oxygen atoms in total. The van der Waals surface area contributed by atoms with E-state index in [4.69, 9.17) is 0 Å². The molecule has 1 aliphatic carbocycles. The minimum atomic E-state index is -3.82. The summed E-state index contributed by atoms with van der Waals surface area (Å²) in [6.45, 7) is 11.4. The molecule has 6 heteroatoms. The van der Waals surface area contributed by atoms with Gasteiger partial charge in [-0.3, -0.25) is 4.79 Å². The minimum Gasteiger partial charge on any atom is -0.324 e. The van der Waals surface area contributed by atoms with E-state index >= 15 is 0 Å². The first-order valence-corrected chi connectivity index (χ1v) is 12.9. The summed E-state index contributed by atoms with van der Waals surface area (Å²) < 4.78 is 29.3. The summed E-state index contributed by atoms with van der Waals surface area (Å²) in [5.41, 5.74) is 6.36. The molecule has 2 aromatic rings. The smallest absolute Gasteiger partial charge is 0.244 e. The number of amides is 1. The Kier molecular flexibility index (Phi) is 7.46. The molecule has 0 radical (unpaired) electrons. The molecule has 0 saturated heterocycles. The predicted molar refractivity (Wildman–Crippen MR) is 131 cm³/mol. The summed E-state index contributed by atoms with van der Waals surface area (Å²) in [4.78, 5) is 13.5. The average Bonchev–Trinajstić information content (AvgIpc) is 2.68. The van der Waals surface area contributed by atoms with Crippen molar-refractivity contribution >= 4 is 21.6 Å². The van der Waals surface area contributed by atoms with Crippen LogP contribution in [0.3, 0.4) is 0 Å².